The minimum atomic E-state index is -0.923. The van der Waals surface area contributed by atoms with Crippen LogP contribution in [0.25, 0.3) is 11.3 Å². The van der Waals surface area contributed by atoms with E-state index < -0.39 is 29.0 Å². The van der Waals surface area contributed by atoms with Crippen molar-refractivity contribution in [3.05, 3.63) is 74.0 Å². The highest BCUT2D eigenvalue weighted by Gasteiger charge is 2.15. The quantitative estimate of drug-likeness (QED) is 0.366. The summed E-state index contributed by atoms with van der Waals surface area (Å²) in [5, 5.41) is 15.2. The molecular formula is C17H12N4O6S. The van der Waals surface area contributed by atoms with E-state index in [1.165, 1.54) is 36.5 Å². The van der Waals surface area contributed by atoms with E-state index >= 15 is 0 Å². The zero-order valence-corrected chi connectivity index (χ0v) is 14.9. The molecule has 0 saturated heterocycles. The summed E-state index contributed by atoms with van der Waals surface area (Å²) in [4.78, 5) is 52.1. The number of nitrogens with zero attached hydrogens (tertiary/aromatic N) is 2. The highest BCUT2D eigenvalue weighted by Crippen LogP contribution is 2.27. The number of amides is 1. The molecule has 0 unspecified atom stereocenters. The van der Waals surface area contributed by atoms with Crippen LogP contribution >= 0.6 is 11.3 Å². The summed E-state index contributed by atoms with van der Waals surface area (Å²) in [7, 11) is 0. The summed E-state index contributed by atoms with van der Waals surface area (Å²) in [5.41, 5.74) is 0.0864. The van der Waals surface area contributed by atoms with Crippen molar-refractivity contribution in [2.45, 2.75) is 0 Å². The Morgan fingerprint density at radius 3 is 2.86 bits per heavy atom. The number of pyridine rings is 1. The maximum atomic E-state index is 11.9. The molecule has 10 nitrogen and oxygen atoms in total. The maximum Gasteiger partial charge on any atom is 0.344 e. The fraction of sp³-hybridized carbons (Fsp3) is 0.0588. The van der Waals surface area contributed by atoms with Crippen molar-refractivity contribution in [2.24, 2.45) is 0 Å². The number of nitrogens with one attached hydrogen (secondary N) is 2. The van der Waals surface area contributed by atoms with E-state index in [-0.39, 0.29) is 16.4 Å². The number of non-ortho nitro benzene ring substituents is 1. The summed E-state index contributed by atoms with van der Waals surface area (Å²) >= 11 is 1.11. The van der Waals surface area contributed by atoms with Gasteiger partial charge in [-0.1, -0.05) is 12.1 Å². The molecule has 1 aromatic carbocycles. The average molecular weight is 400 g/mol. The Morgan fingerprint density at radius 1 is 1.29 bits per heavy atom. The van der Waals surface area contributed by atoms with Gasteiger partial charge in [-0.2, -0.15) is 0 Å². The fourth-order valence-electron chi connectivity index (χ4n) is 2.19. The van der Waals surface area contributed by atoms with Gasteiger partial charge in [0.05, 0.1) is 10.6 Å². The molecule has 1 amide bonds. The van der Waals surface area contributed by atoms with Crippen LogP contribution in [0.4, 0.5) is 10.8 Å². The van der Waals surface area contributed by atoms with Gasteiger partial charge >= 0.3 is 5.97 Å². The number of rotatable bonds is 6. The number of carbonyl (C=O) groups is 2. The molecule has 0 aliphatic rings. The molecule has 28 heavy (non-hydrogen) atoms. The zero-order valence-electron chi connectivity index (χ0n) is 14.1. The zero-order chi connectivity index (χ0) is 20.1. The number of aromatic nitrogens is 2. The van der Waals surface area contributed by atoms with Gasteiger partial charge in [0.1, 0.15) is 5.56 Å². The number of carbonyl (C=O) groups excluding carboxylic acids is 2. The molecule has 2 N–H and O–H groups in total. The van der Waals surface area contributed by atoms with E-state index in [0.717, 1.165) is 11.3 Å². The van der Waals surface area contributed by atoms with Crippen LogP contribution in [0.1, 0.15) is 10.4 Å². The van der Waals surface area contributed by atoms with Crippen molar-refractivity contribution < 1.29 is 19.2 Å². The van der Waals surface area contributed by atoms with E-state index in [9.17, 15) is 24.5 Å². The molecule has 0 spiro atoms. The Balaban J connectivity index is 1.60. The molecule has 0 aliphatic carbocycles. The van der Waals surface area contributed by atoms with Gasteiger partial charge in [-0.05, 0) is 12.1 Å². The molecule has 11 heteroatoms. The molecule has 2 heterocycles. The van der Waals surface area contributed by atoms with Gasteiger partial charge < -0.3 is 9.72 Å². The smallest absolute Gasteiger partial charge is 0.344 e. The van der Waals surface area contributed by atoms with Crippen molar-refractivity contribution in [1.29, 1.82) is 0 Å². The Hall–Kier alpha value is -3.86. The predicted octanol–water partition coefficient (Wildman–Crippen LogP) is 2.20. The molecule has 3 aromatic rings. The second kappa shape index (κ2) is 8.22. The highest BCUT2D eigenvalue weighted by atomic mass is 32.1. The largest absolute Gasteiger partial charge is 0.452 e. The Bertz CT molecular complexity index is 1110. The fourth-order valence-corrected chi connectivity index (χ4v) is 2.92. The number of thiazole rings is 1. The first-order chi connectivity index (χ1) is 13.4. The van der Waals surface area contributed by atoms with Crippen LogP contribution in [0.5, 0.6) is 0 Å². The number of esters is 1. The Kier molecular flexibility index (Phi) is 5.56. The van der Waals surface area contributed by atoms with Crippen molar-refractivity contribution >= 4 is 34.0 Å². The van der Waals surface area contributed by atoms with E-state index in [4.69, 9.17) is 4.74 Å². The van der Waals surface area contributed by atoms with E-state index in [1.807, 2.05) is 0 Å². The number of benzene rings is 1. The molecule has 2 aromatic heterocycles. The number of anilines is 1. The number of nitro benzene ring substituents is 1. The van der Waals surface area contributed by atoms with E-state index in [1.54, 1.807) is 11.4 Å². The molecule has 0 atom stereocenters. The molecule has 142 valence electrons. The summed E-state index contributed by atoms with van der Waals surface area (Å²) in [6.07, 6.45) is 1.37. The predicted molar refractivity (Wildman–Crippen MR) is 100 cm³/mol. The first kappa shape index (κ1) is 18.9. The van der Waals surface area contributed by atoms with Crippen LogP contribution in [-0.4, -0.2) is 33.4 Å². The van der Waals surface area contributed by atoms with Crippen molar-refractivity contribution in [3.63, 3.8) is 0 Å². The monoisotopic (exact) mass is 400 g/mol. The standard InChI is InChI=1S/C17H12N4O6S/c22-14(8-27-16(24)12-5-2-6-18-15(12)23)20-17-19-13(9-28-17)10-3-1-4-11(7-10)21(25)26/h1-7,9H,8H2,(H,18,23)(H,19,20,22). The Morgan fingerprint density at radius 2 is 2.11 bits per heavy atom. The van der Waals surface area contributed by atoms with Crippen LogP contribution in [0.3, 0.4) is 0 Å². The number of aromatic amines is 1. The van der Waals surface area contributed by atoms with E-state index in [2.05, 4.69) is 15.3 Å². The second-order valence-electron chi connectivity index (χ2n) is 5.38. The summed E-state index contributed by atoms with van der Waals surface area (Å²) in [6, 6.07) is 8.68. The van der Waals surface area contributed by atoms with Gasteiger partial charge in [0.15, 0.2) is 11.7 Å². The summed E-state index contributed by atoms with van der Waals surface area (Å²) in [5.74, 6) is -1.56. The summed E-state index contributed by atoms with van der Waals surface area (Å²) in [6.45, 7) is -0.598. The van der Waals surface area contributed by atoms with Crippen LogP contribution in [-0.2, 0) is 9.53 Å². The maximum absolute atomic E-state index is 11.9. The molecule has 0 bridgehead atoms. The number of ether oxygens (including phenoxy) is 1. The van der Waals surface area contributed by atoms with Gasteiger partial charge in [0.25, 0.3) is 17.2 Å². The number of nitro groups is 1. The van der Waals surface area contributed by atoms with Crippen molar-refractivity contribution in [3.8, 4) is 11.3 Å². The lowest BCUT2D eigenvalue weighted by molar-refractivity contribution is -0.384. The molecular weight excluding hydrogens is 388 g/mol. The third-order valence-electron chi connectivity index (χ3n) is 3.48. The molecule has 3 rings (SSSR count). The molecule has 0 radical (unpaired) electrons. The van der Waals surface area contributed by atoms with Crippen molar-refractivity contribution in [2.75, 3.05) is 11.9 Å². The first-order valence-corrected chi connectivity index (χ1v) is 8.67. The van der Waals surface area contributed by atoms with Gasteiger partial charge in [-0.15, -0.1) is 11.3 Å². The lowest BCUT2D eigenvalue weighted by Gasteiger charge is -2.04. The lowest BCUT2D eigenvalue weighted by Crippen LogP contribution is -2.24. The van der Waals surface area contributed by atoms with Gasteiger partial charge in [0.2, 0.25) is 0 Å². The van der Waals surface area contributed by atoms with Gasteiger partial charge in [0, 0.05) is 29.3 Å². The molecule has 0 aliphatic heterocycles. The lowest BCUT2D eigenvalue weighted by atomic mass is 10.1. The average Bonchev–Trinajstić information content (AvgIpc) is 3.15. The van der Waals surface area contributed by atoms with Crippen LogP contribution in [0, 0.1) is 10.1 Å². The molecule has 0 fully saturated rings. The topological polar surface area (TPSA) is 144 Å². The third-order valence-corrected chi connectivity index (χ3v) is 4.23. The number of hydrogen-bond acceptors (Lipinski definition) is 8. The van der Waals surface area contributed by atoms with E-state index in [0.29, 0.717) is 11.3 Å². The first-order valence-electron chi connectivity index (χ1n) is 7.79. The third kappa shape index (κ3) is 4.45. The van der Waals surface area contributed by atoms with Gasteiger partial charge in [-0.25, -0.2) is 9.78 Å². The summed E-state index contributed by atoms with van der Waals surface area (Å²) < 4.78 is 4.81. The number of H-pyrrole nitrogens is 1. The minimum absolute atomic E-state index is 0.0705. The highest BCUT2D eigenvalue weighted by molar-refractivity contribution is 7.14. The van der Waals surface area contributed by atoms with Crippen molar-refractivity contribution in [1.82, 2.24) is 9.97 Å². The molecule has 0 saturated carbocycles. The normalized spacial score (nSPS) is 10.3. The SMILES string of the molecule is O=C(COC(=O)c1ccc[nH]c1=O)Nc1nc(-c2cccc([N+](=O)[O-])c2)cs1. The second-order valence-corrected chi connectivity index (χ2v) is 6.24. The van der Waals surface area contributed by atoms with Crippen LogP contribution in [0.15, 0.2) is 52.8 Å². The number of hydrogen-bond donors (Lipinski definition) is 2. The van der Waals surface area contributed by atoms with Gasteiger partial charge in [-0.3, -0.25) is 25.0 Å². The Labute approximate surface area is 161 Å². The minimum Gasteiger partial charge on any atom is -0.452 e. The van der Waals surface area contributed by atoms with Crippen LogP contribution in [0.2, 0.25) is 0 Å². The van der Waals surface area contributed by atoms with Crippen LogP contribution < -0.4 is 10.9 Å².